The zero-order chi connectivity index (χ0) is 17.4. The lowest BCUT2D eigenvalue weighted by Gasteiger charge is -2.15. The van der Waals surface area contributed by atoms with Crippen molar-refractivity contribution in [1.82, 2.24) is 9.78 Å². The van der Waals surface area contributed by atoms with Gasteiger partial charge in [0, 0.05) is 43.0 Å². The molecule has 0 aliphatic carbocycles. The van der Waals surface area contributed by atoms with Gasteiger partial charge < -0.3 is 9.64 Å². The molecule has 0 saturated carbocycles. The zero-order valence-electron chi connectivity index (χ0n) is 13.7. The fraction of sp³-hybridized carbons (Fsp3) is 0.222. The second-order valence-electron chi connectivity index (χ2n) is 5.98. The van der Waals surface area contributed by atoms with Crippen molar-refractivity contribution in [2.45, 2.75) is 12.8 Å². The molecule has 0 bridgehead atoms. The first-order valence-electron chi connectivity index (χ1n) is 8.02. The number of ether oxygens (including phenoxy) is 1. The summed E-state index contributed by atoms with van der Waals surface area (Å²) in [5.74, 6) is -0.0869. The Morgan fingerprint density at radius 3 is 2.64 bits per heavy atom. The number of hydrogen-bond donors (Lipinski definition) is 0. The number of aryl methyl sites for hydroxylation is 1. The Labute approximate surface area is 144 Å². The second-order valence-corrected chi connectivity index (χ2v) is 5.98. The van der Waals surface area contributed by atoms with Crippen molar-refractivity contribution in [2.75, 3.05) is 11.4 Å². The summed E-state index contributed by atoms with van der Waals surface area (Å²) >= 11 is 0. The smallest absolute Gasteiger partial charge is 0.363 e. The highest BCUT2D eigenvalue weighted by molar-refractivity contribution is 6.13. The molecule has 0 radical (unpaired) electrons. The summed E-state index contributed by atoms with van der Waals surface area (Å²) in [4.78, 5) is 29.8. The Bertz CT molecular complexity index is 909. The van der Waals surface area contributed by atoms with Gasteiger partial charge in [-0.3, -0.25) is 9.48 Å². The van der Waals surface area contributed by atoms with Crippen LogP contribution in [0.2, 0.25) is 0 Å². The molecule has 25 heavy (non-hydrogen) atoms. The monoisotopic (exact) mass is 336 g/mol. The normalized spacial score (nSPS) is 18.8. The summed E-state index contributed by atoms with van der Waals surface area (Å²) in [7, 11) is 1.80. The largest absolute Gasteiger partial charge is 0.402 e. The SMILES string of the molecule is Cn1cc(C=C2N=C(c3ccc(N4CCCC4=O)cc3)OC2=O)cn1. The fourth-order valence-corrected chi connectivity index (χ4v) is 2.91. The minimum Gasteiger partial charge on any atom is -0.402 e. The number of nitrogens with zero attached hydrogens (tertiary/aromatic N) is 4. The van der Waals surface area contributed by atoms with Crippen molar-refractivity contribution in [2.24, 2.45) is 12.0 Å². The highest BCUT2D eigenvalue weighted by Gasteiger charge is 2.25. The number of aliphatic imine (C=N–C) groups is 1. The van der Waals surface area contributed by atoms with Gasteiger partial charge in [-0.25, -0.2) is 9.79 Å². The molecular weight excluding hydrogens is 320 g/mol. The number of carbonyl (C=O) groups excluding carboxylic acids is 2. The summed E-state index contributed by atoms with van der Waals surface area (Å²) < 4.78 is 6.91. The van der Waals surface area contributed by atoms with Gasteiger partial charge in [-0.2, -0.15) is 5.10 Å². The van der Waals surface area contributed by atoms with Crippen molar-refractivity contribution < 1.29 is 14.3 Å². The molecule has 1 amide bonds. The van der Waals surface area contributed by atoms with E-state index >= 15 is 0 Å². The van der Waals surface area contributed by atoms with Crippen molar-refractivity contribution in [3.05, 3.63) is 53.5 Å². The van der Waals surface area contributed by atoms with Crippen molar-refractivity contribution in [3.63, 3.8) is 0 Å². The van der Waals surface area contributed by atoms with Crippen molar-refractivity contribution in [1.29, 1.82) is 0 Å². The summed E-state index contributed by atoms with van der Waals surface area (Å²) in [5.41, 5.74) is 2.56. The summed E-state index contributed by atoms with van der Waals surface area (Å²) in [6.45, 7) is 0.742. The number of esters is 1. The zero-order valence-corrected chi connectivity index (χ0v) is 13.7. The van der Waals surface area contributed by atoms with Crippen molar-refractivity contribution >= 4 is 29.5 Å². The minimum absolute atomic E-state index is 0.138. The van der Waals surface area contributed by atoms with Crippen LogP contribution in [0.4, 0.5) is 5.69 Å². The van der Waals surface area contributed by atoms with E-state index in [0.29, 0.717) is 12.0 Å². The first-order chi connectivity index (χ1) is 12.1. The summed E-state index contributed by atoms with van der Waals surface area (Å²) in [5, 5.41) is 4.05. The molecule has 2 aromatic rings. The topological polar surface area (TPSA) is 76.8 Å². The van der Waals surface area contributed by atoms with Crippen molar-refractivity contribution in [3.8, 4) is 0 Å². The van der Waals surface area contributed by atoms with Crippen LogP contribution in [-0.2, 0) is 21.4 Å². The van der Waals surface area contributed by atoms with Crippen LogP contribution in [0.5, 0.6) is 0 Å². The number of benzene rings is 1. The van der Waals surface area contributed by atoms with E-state index in [1.54, 1.807) is 47.2 Å². The van der Waals surface area contributed by atoms with E-state index in [-0.39, 0.29) is 17.5 Å². The predicted octanol–water partition coefficient (Wildman–Crippen LogP) is 1.89. The fourth-order valence-electron chi connectivity index (χ4n) is 2.91. The highest BCUT2D eigenvalue weighted by Crippen LogP contribution is 2.24. The van der Waals surface area contributed by atoms with Crippen LogP contribution in [0.25, 0.3) is 6.08 Å². The molecule has 0 atom stereocenters. The molecule has 3 heterocycles. The van der Waals surface area contributed by atoms with Gasteiger partial charge in [-0.1, -0.05) is 0 Å². The lowest BCUT2D eigenvalue weighted by Crippen LogP contribution is -2.23. The molecule has 1 fully saturated rings. The van der Waals surface area contributed by atoms with Crippen LogP contribution in [0.15, 0.2) is 47.3 Å². The Morgan fingerprint density at radius 1 is 1.20 bits per heavy atom. The van der Waals surface area contributed by atoms with Gasteiger partial charge in [0.05, 0.1) is 6.20 Å². The average molecular weight is 336 g/mol. The van der Waals surface area contributed by atoms with Crippen LogP contribution < -0.4 is 4.90 Å². The molecule has 0 N–H and O–H groups in total. The van der Waals surface area contributed by atoms with Crippen LogP contribution in [-0.4, -0.2) is 34.1 Å². The van der Waals surface area contributed by atoms with E-state index in [2.05, 4.69) is 10.1 Å². The van der Waals surface area contributed by atoms with Gasteiger partial charge >= 0.3 is 5.97 Å². The third kappa shape index (κ3) is 2.96. The Hall–Kier alpha value is -3.22. The molecule has 1 saturated heterocycles. The van der Waals surface area contributed by atoms with Crippen LogP contribution >= 0.6 is 0 Å². The lowest BCUT2D eigenvalue weighted by molar-refractivity contribution is -0.130. The number of hydrogen-bond acceptors (Lipinski definition) is 5. The molecule has 1 aromatic heterocycles. The van der Waals surface area contributed by atoms with Gasteiger partial charge in [0.1, 0.15) is 0 Å². The first-order valence-corrected chi connectivity index (χ1v) is 8.02. The van der Waals surface area contributed by atoms with Crippen LogP contribution in [0.3, 0.4) is 0 Å². The maximum Gasteiger partial charge on any atom is 0.363 e. The van der Waals surface area contributed by atoms with Crippen LogP contribution in [0, 0.1) is 0 Å². The van der Waals surface area contributed by atoms with E-state index in [4.69, 9.17) is 4.74 Å². The number of anilines is 1. The quantitative estimate of drug-likeness (QED) is 0.633. The average Bonchev–Trinajstić information content (AvgIpc) is 3.30. The molecule has 7 heteroatoms. The molecule has 4 rings (SSSR count). The number of carbonyl (C=O) groups is 2. The minimum atomic E-state index is -0.488. The van der Waals surface area contributed by atoms with Gasteiger partial charge in [0.2, 0.25) is 11.8 Å². The molecule has 0 unspecified atom stereocenters. The summed E-state index contributed by atoms with van der Waals surface area (Å²) in [6.07, 6.45) is 6.55. The van der Waals surface area contributed by atoms with E-state index in [1.165, 1.54) is 0 Å². The number of cyclic esters (lactones) is 1. The maximum absolute atomic E-state index is 12.0. The summed E-state index contributed by atoms with van der Waals surface area (Å²) in [6, 6.07) is 7.30. The van der Waals surface area contributed by atoms with Gasteiger partial charge in [-0.05, 0) is 36.8 Å². The molecular formula is C18H16N4O3. The molecule has 126 valence electrons. The molecule has 2 aliphatic rings. The van der Waals surface area contributed by atoms with Gasteiger partial charge in [0.25, 0.3) is 0 Å². The molecule has 7 nitrogen and oxygen atoms in total. The van der Waals surface area contributed by atoms with Gasteiger partial charge in [-0.15, -0.1) is 0 Å². The van der Waals surface area contributed by atoms with Gasteiger partial charge in [0.15, 0.2) is 5.70 Å². The Balaban J connectivity index is 1.57. The Kier molecular flexibility index (Phi) is 3.68. The van der Waals surface area contributed by atoms with E-state index in [0.717, 1.165) is 24.2 Å². The molecule has 0 spiro atoms. The molecule has 2 aliphatic heterocycles. The third-order valence-electron chi connectivity index (χ3n) is 4.15. The third-order valence-corrected chi connectivity index (χ3v) is 4.15. The highest BCUT2D eigenvalue weighted by atomic mass is 16.6. The Morgan fingerprint density at radius 2 is 2.00 bits per heavy atom. The van der Waals surface area contributed by atoms with E-state index in [1.807, 2.05) is 12.1 Å². The standard InChI is InChI=1S/C18H16N4O3/c1-21-11-12(10-19-21)9-15-18(24)25-17(20-15)13-4-6-14(7-5-13)22-8-2-3-16(22)23/h4-7,9-11H,2-3,8H2,1H3. The predicted molar refractivity (Wildman–Crippen MR) is 91.8 cm³/mol. The number of amides is 1. The van der Waals surface area contributed by atoms with E-state index in [9.17, 15) is 9.59 Å². The number of rotatable bonds is 3. The van der Waals surface area contributed by atoms with E-state index < -0.39 is 5.97 Å². The first kappa shape index (κ1) is 15.3. The lowest BCUT2D eigenvalue weighted by atomic mass is 10.2. The maximum atomic E-state index is 12.0. The second kappa shape index (κ2) is 6.01. The molecule has 1 aromatic carbocycles. The number of aromatic nitrogens is 2. The van der Waals surface area contributed by atoms with Crippen LogP contribution in [0.1, 0.15) is 24.0 Å².